The van der Waals surface area contributed by atoms with Gasteiger partial charge in [-0.25, -0.2) is 0 Å². The zero-order chi connectivity index (χ0) is 13.7. The van der Waals surface area contributed by atoms with Crippen molar-refractivity contribution in [3.05, 3.63) is 22.4 Å². The van der Waals surface area contributed by atoms with E-state index in [0.717, 1.165) is 25.1 Å². The van der Waals surface area contributed by atoms with E-state index in [1.54, 1.807) is 23.1 Å². The highest BCUT2D eigenvalue weighted by Gasteiger charge is 2.30. The van der Waals surface area contributed by atoms with E-state index in [2.05, 4.69) is 29.3 Å². The molecule has 0 bridgehead atoms. The van der Waals surface area contributed by atoms with E-state index >= 15 is 0 Å². The van der Waals surface area contributed by atoms with Crippen molar-refractivity contribution in [2.24, 2.45) is 11.7 Å². The summed E-state index contributed by atoms with van der Waals surface area (Å²) in [6, 6.07) is 4.53. The summed E-state index contributed by atoms with van der Waals surface area (Å²) in [5.74, 6) is 2.33. The van der Waals surface area contributed by atoms with Gasteiger partial charge in [-0.2, -0.15) is 11.8 Å². The fraction of sp³-hybridized carbons (Fsp3) is 0.643. The third-order valence-electron chi connectivity index (χ3n) is 3.48. The minimum atomic E-state index is 0.283. The molecule has 1 aliphatic heterocycles. The van der Waals surface area contributed by atoms with E-state index in [1.807, 2.05) is 0 Å². The van der Waals surface area contributed by atoms with Crippen LogP contribution in [0, 0.1) is 5.92 Å². The molecule has 2 N–H and O–H groups in total. The lowest BCUT2D eigenvalue weighted by atomic mass is 10.2. The normalized spacial score (nSPS) is 20.7. The third-order valence-corrected chi connectivity index (χ3v) is 5.70. The van der Waals surface area contributed by atoms with Crippen molar-refractivity contribution in [3.8, 4) is 0 Å². The Morgan fingerprint density at radius 1 is 1.68 bits per heavy atom. The van der Waals surface area contributed by atoms with Gasteiger partial charge in [-0.3, -0.25) is 4.79 Å². The van der Waals surface area contributed by atoms with Crippen molar-refractivity contribution in [3.63, 3.8) is 0 Å². The lowest BCUT2D eigenvalue weighted by Gasteiger charge is -2.24. The molecule has 2 atom stereocenters. The van der Waals surface area contributed by atoms with E-state index in [-0.39, 0.29) is 5.91 Å². The van der Waals surface area contributed by atoms with Crippen LogP contribution in [0.2, 0.25) is 0 Å². The largest absolute Gasteiger partial charge is 0.334 e. The summed E-state index contributed by atoms with van der Waals surface area (Å²) in [7, 11) is 0. The zero-order valence-electron chi connectivity index (χ0n) is 11.4. The van der Waals surface area contributed by atoms with Gasteiger partial charge in [-0.05, 0) is 42.5 Å². The highest BCUT2D eigenvalue weighted by atomic mass is 32.2. The summed E-state index contributed by atoms with van der Waals surface area (Å²) >= 11 is 3.47. The van der Waals surface area contributed by atoms with Crippen LogP contribution >= 0.6 is 23.1 Å². The smallest absolute Gasteiger partial charge is 0.233 e. The van der Waals surface area contributed by atoms with Gasteiger partial charge in [0.2, 0.25) is 5.91 Å². The summed E-state index contributed by atoms with van der Waals surface area (Å²) in [5, 5.41) is 2.09. The third kappa shape index (κ3) is 3.97. The fourth-order valence-corrected chi connectivity index (χ4v) is 4.21. The van der Waals surface area contributed by atoms with Gasteiger partial charge in [0.05, 0.1) is 11.8 Å². The van der Waals surface area contributed by atoms with Crippen LogP contribution in [-0.4, -0.2) is 35.4 Å². The molecular formula is C14H22N2OS2. The first-order chi connectivity index (χ1) is 9.22. The van der Waals surface area contributed by atoms with E-state index in [4.69, 9.17) is 5.73 Å². The van der Waals surface area contributed by atoms with Crippen molar-refractivity contribution in [2.75, 3.05) is 24.6 Å². The number of rotatable bonds is 6. The molecule has 19 heavy (non-hydrogen) atoms. The molecule has 1 aromatic heterocycles. The molecule has 2 heterocycles. The van der Waals surface area contributed by atoms with Crippen LogP contribution in [0.4, 0.5) is 0 Å². The molecule has 0 aliphatic carbocycles. The van der Waals surface area contributed by atoms with Crippen LogP contribution < -0.4 is 5.73 Å². The number of amides is 1. The van der Waals surface area contributed by atoms with Gasteiger partial charge in [0, 0.05) is 11.4 Å². The van der Waals surface area contributed by atoms with Crippen LogP contribution in [0.3, 0.4) is 0 Å². The molecule has 106 valence electrons. The van der Waals surface area contributed by atoms with E-state index in [9.17, 15) is 4.79 Å². The van der Waals surface area contributed by atoms with Crippen LogP contribution in [0.5, 0.6) is 0 Å². The molecule has 0 spiro atoms. The number of likely N-dealkylation sites (tertiary alicyclic amines) is 1. The molecular weight excluding hydrogens is 276 g/mol. The Morgan fingerprint density at radius 3 is 3.21 bits per heavy atom. The SMILES string of the molecule is CC(CN)CSCC(=O)N1CCCC1c1cccs1. The predicted molar refractivity (Wildman–Crippen MR) is 83.6 cm³/mol. The number of thiophene rings is 1. The Morgan fingerprint density at radius 2 is 2.53 bits per heavy atom. The fourth-order valence-electron chi connectivity index (χ4n) is 2.34. The number of nitrogens with two attached hydrogens (primary N) is 1. The molecule has 1 saturated heterocycles. The highest BCUT2D eigenvalue weighted by molar-refractivity contribution is 7.99. The summed E-state index contributed by atoms with van der Waals surface area (Å²) < 4.78 is 0. The molecule has 1 aromatic rings. The first kappa shape index (κ1) is 14.9. The molecule has 0 radical (unpaired) electrons. The van der Waals surface area contributed by atoms with Gasteiger partial charge >= 0.3 is 0 Å². The van der Waals surface area contributed by atoms with Crippen LogP contribution in [0.15, 0.2) is 17.5 Å². The van der Waals surface area contributed by atoms with Crippen molar-refractivity contribution in [1.82, 2.24) is 4.90 Å². The Kier molecular flexibility index (Phi) is 5.73. The highest BCUT2D eigenvalue weighted by Crippen LogP contribution is 2.34. The minimum Gasteiger partial charge on any atom is -0.334 e. The summed E-state index contributed by atoms with van der Waals surface area (Å²) in [5.41, 5.74) is 5.59. The maximum atomic E-state index is 12.3. The first-order valence-electron chi connectivity index (χ1n) is 6.83. The topological polar surface area (TPSA) is 46.3 Å². The Bertz CT molecular complexity index is 394. The van der Waals surface area contributed by atoms with Gasteiger partial charge in [-0.1, -0.05) is 13.0 Å². The van der Waals surface area contributed by atoms with Gasteiger partial charge in [0.1, 0.15) is 0 Å². The molecule has 0 aromatic carbocycles. The zero-order valence-corrected chi connectivity index (χ0v) is 13.0. The summed E-state index contributed by atoms with van der Waals surface area (Å²) in [6.07, 6.45) is 2.23. The molecule has 3 nitrogen and oxygen atoms in total. The number of hydrogen-bond donors (Lipinski definition) is 1. The molecule has 1 fully saturated rings. The van der Waals surface area contributed by atoms with E-state index in [0.29, 0.717) is 24.3 Å². The molecule has 0 saturated carbocycles. The standard InChI is InChI=1S/C14H22N2OS2/c1-11(8-15)9-18-10-14(17)16-6-2-4-12(16)13-5-3-7-19-13/h3,5,7,11-12H,2,4,6,8-10,15H2,1H3. The molecule has 5 heteroatoms. The summed E-state index contributed by atoms with van der Waals surface area (Å²) in [6.45, 7) is 3.74. The monoisotopic (exact) mass is 298 g/mol. The molecule has 1 aliphatic rings. The summed E-state index contributed by atoms with van der Waals surface area (Å²) in [4.78, 5) is 15.7. The molecule has 2 rings (SSSR count). The van der Waals surface area contributed by atoms with Crippen molar-refractivity contribution in [2.45, 2.75) is 25.8 Å². The van der Waals surface area contributed by atoms with Gasteiger partial charge < -0.3 is 10.6 Å². The Hall–Kier alpha value is -0.520. The Balaban J connectivity index is 1.84. The number of carbonyl (C=O) groups excluding carboxylic acids is 1. The Labute approximate surface area is 123 Å². The average Bonchev–Trinajstić information content (AvgIpc) is 3.08. The first-order valence-corrected chi connectivity index (χ1v) is 8.86. The number of hydrogen-bond acceptors (Lipinski definition) is 4. The predicted octanol–water partition coefficient (Wildman–Crippen LogP) is 2.74. The minimum absolute atomic E-state index is 0.283. The second-order valence-corrected chi connectivity index (χ2v) is 7.13. The van der Waals surface area contributed by atoms with E-state index in [1.165, 1.54) is 4.88 Å². The van der Waals surface area contributed by atoms with Gasteiger partial charge in [-0.15, -0.1) is 11.3 Å². The van der Waals surface area contributed by atoms with Crippen molar-refractivity contribution < 1.29 is 4.79 Å². The lowest BCUT2D eigenvalue weighted by Crippen LogP contribution is -2.32. The van der Waals surface area contributed by atoms with Crippen LogP contribution in [0.25, 0.3) is 0 Å². The van der Waals surface area contributed by atoms with Crippen molar-refractivity contribution >= 4 is 29.0 Å². The quantitative estimate of drug-likeness (QED) is 0.878. The average molecular weight is 298 g/mol. The number of thioether (sulfide) groups is 1. The molecule has 1 amide bonds. The van der Waals surface area contributed by atoms with Gasteiger partial charge in [0.25, 0.3) is 0 Å². The second-order valence-electron chi connectivity index (χ2n) is 5.12. The van der Waals surface area contributed by atoms with Crippen LogP contribution in [0.1, 0.15) is 30.7 Å². The second kappa shape index (κ2) is 7.31. The molecule has 2 unspecified atom stereocenters. The van der Waals surface area contributed by atoms with Gasteiger partial charge in [0.15, 0.2) is 0 Å². The number of carbonyl (C=O) groups is 1. The van der Waals surface area contributed by atoms with Crippen molar-refractivity contribution in [1.29, 1.82) is 0 Å². The van der Waals surface area contributed by atoms with Crippen LogP contribution in [-0.2, 0) is 4.79 Å². The maximum absolute atomic E-state index is 12.3. The maximum Gasteiger partial charge on any atom is 0.233 e. The lowest BCUT2D eigenvalue weighted by molar-refractivity contribution is -0.129. The number of nitrogens with zero attached hydrogens (tertiary/aromatic N) is 1. The van der Waals surface area contributed by atoms with E-state index < -0.39 is 0 Å².